The highest BCUT2D eigenvalue weighted by Gasteiger charge is 2.14. The lowest BCUT2D eigenvalue weighted by atomic mass is 10.00. The fourth-order valence-corrected chi connectivity index (χ4v) is 5.18. The van der Waals surface area contributed by atoms with Gasteiger partial charge in [-0.3, -0.25) is 10.1 Å². The number of anilines is 1. The van der Waals surface area contributed by atoms with Crippen LogP contribution in [-0.2, 0) is 12.8 Å². The number of carbonyl (C=O) groups is 1. The summed E-state index contributed by atoms with van der Waals surface area (Å²) in [5, 5.41) is 36.5. The van der Waals surface area contributed by atoms with E-state index < -0.39 is 12.2 Å². The molecule has 0 radical (unpaired) electrons. The van der Waals surface area contributed by atoms with E-state index in [-0.39, 0.29) is 11.3 Å². The molecule has 0 saturated carbocycles. The average molecular weight is 594 g/mol. The first-order chi connectivity index (χ1) is 21.4. The molecule has 6 N–H and O–H groups in total. The molecule has 0 fully saturated rings. The van der Waals surface area contributed by atoms with Crippen LogP contribution in [0.3, 0.4) is 0 Å². The van der Waals surface area contributed by atoms with E-state index in [1.165, 1.54) is 12.1 Å². The number of ether oxygens (including phenoxy) is 1. The summed E-state index contributed by atoms with van der Waals surface area (Å²) in [6.45, 7) is 1.51. The Hall–Kier alpha value is -5.12. The molecule has 4 aromatic carbocycles. The predicted molar refractivity (Wildman–Crippen MR) is 172 cm³/mol. The number of aryl methyl sites for hydroxylation is 1. The van der Waals surface area contributed by atoms with E-state index in [4.69, 9.17) is 4.74 Å². The summed E-state index contributed by atoms with van der Waals surface area (Å²) in [6, 6.07) is 29.6. The van der Waals surface area contributed by atoms with E-state index in [1.807, 2.05) is 72.8 Å². The number of aliphatic hydroxyl groups excluding tert-OH is 1. The van der Waals surface area contributed by atoms with E-state index in [0.29, 0.717) is 41.9 Å². The van der Waals surface area contributed by atoms with Gasteiger partial charge in [0.15, 0.2) is 0 Å². The van der Waals surface area contributed by atoms with Crippen LogP contribution in [0.5, 0.6) is 11.5 Å². The van der Waals surface area contributed by atoms with Gasteiger partial charge in [0.25, 0.3) is 0 Å². The van der Waals surface area contributed by atoms with E-state index in [0.717, 1.165) is 47.3 Å². The first kappa shape index (κ1) is 30.3. The smallest absolute Gasteiger partial charge is 0.409 e. The highest BCUT2D eigenvalue weighted by molar-refractivity contribution is 5.91. The van der Waals surface area contributed by atoms with Crippen molar-refractivity contribution in [2.24, 2.45) is 0 Å². The third-order valence-electron chi connectivity index (χ3n) is 7.41. The number of amides is 1. The highest BCUT2D eigenvalue weighted by Crippen LogP contribution is 2.30. The van der Waals surface area contributed by atoms with Gasteiger partial charge in [-0.05, 0) is 78.4 Å². The summed E-state index contributed by atoms with van der Waals surface area (Å²) in [4.78, 5) is 25.6. The number of aromatic hydroxyl groups is 1. The van der Waals surface area contributed by atoms with Crippen LogP contribution in [0, 0.1) is 0 Å². The lowest BCUT2D eigenvalue weighted by Crippen LogP contribution is -2.24. The molecule has 1 heterocycles. The molecule has 1 aromatic heterocycles. The van der Waals surface area contributed by atoms with Gasteiger partial charge < -0.3 is 30.4 Å². The number of rotatable bonds is 13. The molecule has 0 unspecified atom stereocenters. The van der Waals surface area contributed by atoms with Crippen molar-refractivity contribution < 1.29 is 24.9 Å². The molecule has 0 bridgehead atoms. The Kier molecular flexibility index (Phi) is 9.91. The number of aromatic nitrogens is 1. The minimum atomic E-state index is -1.10. The number of phenols is 1. The molecule has 5 aromatic rings. The number of pyridine rings is 1. The molecule has 0 aliphatic rings. The number of phenolic OH excluding ortho intramolecular Hbond substituents is 1. The second-order valence-corrected chi connectivity index (χ2v) is 10.5. The predicted octanol–water partition coefficient (Wildman–Crippen LogP) is 5.87. The quantitative estimate of drug-likeness (QED) is 0.0938. The van der Waals surface area contributed by atoms with Gasteiger partial charge in [0, 0.05) is 23.6 Å². The number of aromatic amines is 1. The van der Waals surface area contributed by atoms with Gasteiger partial charge in [-0.1, -0.05) is 60.7 Å². The number of nitrogens with one attached hydrogen (secondary N) is 3. The minimum Gasteiger partial charge on any atom is -0.506 e. The number of H-pyrrole nitrogens is 1. The molecule has 5 rings (SSSR count). The molecule has 0 aliphatic heterocycles. The van der Waals surface area contributed by atoms with E-state index in [2.05, 4.69) is 15.6 Å². The van der Waals surface area contributed by atoms with Gasteiger partial charge >= 0.3 is 6.09 Å². The third kappa shape index (κ3) is 7.83. The van der Waals surface area contributed by atoms with Crippen LogP contribution in [0.15, 0.2) is 102 Å². The maximum Gasteiger partial charge on any atom is 0.409 e. The van der Waals surface area contributed by atoms with Gasteiger partial charge in [0.05, 0.1) is 23.9 Å². The maximum atomic E-state index is 11.6. The number of benzene rings is 4. The number of aliphatic hydroxyl groups is 1. The molecule has 0 spiro atoms. The fourth-order valence-electron chi connectivity index (χ4n) is 5.18. The van der Waals surface area contributed by atoms with Crippen molar-refractivity contribution in [1.82, 2.24) is 10.3 Å². The number of hydrogen-bond donors (Lipinski definition) is 6. The lowest BCUT2D eigenvalue weighted by Gasteiger charge is -2.15. The molecule has 9 nitrogen and oxygen atoms in total. The summed E-state index contributed by atoms with van der Waals surface area (Å²) >= 11 is 0. The Morgan fingerprint density at radius 3 is 2.43 bits per heavy atom. The summed E-state index contributed by atoms with van der Waals surface area (Å²) in [5.41, 5.74) is 5.13. The van der Waals surface area contributed by atoms with Crippen molar-refractivity contribution in [3.05, 3.63) is 124 Å². The van der Waals surface area contributed by atoms with E-state index in [9.17, 15) is 24.9 Å². The van der Waals surface area contributed by atoms with Crippen molar-refractivity contribution in [2.45, 2.75) is 25.4 Å². The maximum absolute atomic E-state index is 11.6. The van der Waals surface area contributed by atoms with Crippen molar-refractivity contribution in [2.75, 3.05) is 25.0 Å². The van der Waals surface area contributed by atoms with Crippen LogP contribution in [0.25, 0.3) is 22.0 Å². The van der Waals surface area contributed by atoms with E-state index >= 15 is 0 Å². The standard InChI is InChI=1S/C35H35N3O6/c39-31-16-14-28(29-15-17-33(41)38-34(29)31)32(40)22-36-19-18-23-8-11-26(12-9-23)44-20-4-5-24-10-13-27(25-6-2-1-3-7-25)30(21-24)37-35(42)43/h1-3,6-17,21,32,36-37,39-40H,4-5,18-20,22H2,(H,38,41)(H,42,43)/t32-/m0/s1. The van der Waals surface area contributed by atoms with Crippen LogP contribution in [-0.4, -0.2) is 46.1 Å². The lowest BCUT2D eigenvalue weighted by molar-refractivity contribution is 0.176. The Morgan fingerprint density at radius 2 is 1.66 bits per heavy atom. The largest absolute Gasteiger partial charge is 0.506 e. The molecule has 1 atom stereocenters. The molecular formula is C35H35N3O6. The highest BCUT2D eigenvalue weighted by atomic mass is 16.5. The summed E-state index contributed by atoms with van der Waals surface area (Å²) < 4.78 is 5.93. The molecule has 226 valence electrons. The summed E-state index contributed by atoms with van der Waals surface area (Å²) in [5.74, 6) is 0.744. The van der Waals surface area contributed by atoms with Crippen molar-refractivity contribution in [1.29, 1.82) is 0 Å². The van der Waals surface area contributed by atoms with Gasteiger partial charge in [-0.15, -0.1) is 0 Å². The molecule has 1 amide bonds. The Bertz CT molecular complexity index is 1770. The monoisotopic (exact) mass is 593 g/mol. The zero-order valence-electron chi connectivity index (χ0n) is 24.1. The molecule has 44 heavy (non-hydrogen) atoms. The molecule has 0 aliphatic carbocycles. The summed E-state index contributed by atoms with van der Waals surface area (Å²) in [6.07, 6.45) is 0.389. The normalized spacial score (nSPS) is 11.8. The average Bonchev–Trinajstić information content (AvgIpc) is 3.02. The Balaban J connectivity index is 1.06. The Morgan fingerprint density at radius 1 is 0.886 bits per heavy atom. The number of carboxylic acid groups (broad SMARTS) is 1. The zero-order chi connectivity index (χ0) is 30.9. The third-order valence-corrected chi connectivity index (χ3v) is 7.41. The van der Waals surface area contributed by atoms with Gasteiger partial charge in [-0.25, -0.2) is 4.79 Å². The van der Waals surface area contributed by atoms with Gasteiger partial charge in [0.1, 0.15) is 11.5 Å². The van der Waals surface area contributed by atoms with Crippen LogP contribution in [0.2, 0.25) is 0 Å². The first-order valence-corrected chi connectivity index (χ1v) is 14.5. The second kappa shape index (κ2) is 14.4. The topological polar surface area (TPSA) is 144 Å². The Labute approximate surface area is 254 Å². The van der Waals surface area contributed by atoms with Crippen molar-refractivity contribution in [3.63, 3.8) is 0 Å². The summed E-state index contributed by atoms with van der Waals surface area (Å²) in [7, 11) is 0. The molecule has 0 saturated heterocycles. The van der Waals surface area contributed by atoms with E-state index in [1.54, 1.807) is 12.1 Å². The van der Waals surface area contributed by atoms with Crippen LogP contribution < -0.4 is 20.9 Å². The SMILES string of the molecule is O=C(O)Nc1cc(CCCOc2ccc(CCNC[C@H](O)c3ccc(O)c4[nH]c(=O)ccc34)cc2)ccc1-c1ccccc1. The zero-order valence-corrected chi connectivity index (χ0v) is 24.1. The first-order valence-electron chi connectivity index (χ1n) is 14.5. The molecule has 9 heteroatoms. The second-order valence-electron chi connectivity index (χ2n) is 10.5. The number of hydrogen-bond acceptors (Lipinski definition) is 6. The fraction of sp³-hybridized carbons (Fsp3) is 0.200. The van der Waals surface area contributed by atoms with Gasteiger partial charge in [-0.2, -0.15) is 0 Å². The van der Waals surface area contributed by atoms with Crippen LogP contribution in [0.1, 0.15) is 29.2 Å². The van der Waals surface area contributed by atoms with Gasteiger partial charge in [0.2, 0.25) is 5.56 Å². The number of fused-ring (bicyclic) bond motifs is 1. The van der Waals surface area contributed by atoms with Crippen LogP contribution in [0.4, 0.5) is 10.5 Å². The van der Waals surface area contributed by atoms with Crippen molar-refractivity contribution in [3.8, 4) is 22.6 Å². The van der Waals surface area contributed by atoms with Crippen molar-refractivity contribution >= 4 is 22.7 Å². The molecular weight excluding hydrogens is 558 g/mol. The minimum absolute atomic E-state index is 0.0352. The van der Waals surface area contributed by atoms with Crippen LogP contribution >= 0.6 is 0 Å².